The molecule has 6 heteroatoms. The minimum absolute atomic E-state index is 0.00673. The lowest BCUT2D eigenvalue weighted by Crippen LogP contribution is -2.46. The Kier molecular flexibility index (Phi) is 50.8. The van der Waals surface area contributed by atoms with Crippen LogP contribution in [0.3, 0.4) is 0 Å². The fourth-order valence-electron chi connectivity index (χ4n) is 7.62. The van der Waals surface area contributed by atoms with Gasteiger partial charge in [0.1, 0.15) is 6.10 Å². The first-order valence-corrected chi connectivity index (χ1v) is 27.6. The van der Waals surface area contributed by atoms with Crippen LogP contribution >= 0.6 is 0 Å². The van der Waals surface area contributed by atoms with Gasteiger partial charge in [-0.05, 0) is 57.8 Å². The Morgan fingerprint density at radius 2 is 0.838 bits per heavy atom. The van der Waals surface area contributed by atoms with Crippen molar-refractivity contribution in [2.24, 2.45) is 0 Å². The number of carbonyl (C=O) groups is 2. The zero-order chi connectivity index (χ0) is 49.5. The maximum absolute atomic E-state index is 13.2. The highest BCUT2D eigenvalue weighted by Gasteiger charge is 2.24. The molecule has 3 N–H and O–H groups in total. The zero-order valence-electron chi connectivity index (χ0n) is 43.7. The first-order chi connectivity index (χ1) is 33.5. The highest BCUT2D eigenvalue weighted by atomic mass is 16.5. The average Bonchev–Trinajstić information content (AvgIpc) is 3.33. The Hall–Kier alpha value is -4.00. The quantitative estimate of drug-likeness (QED) is 0.0321. The summed E-state index contributed by atoms with van der Waals surface area (Å²) in [4.78, 5) is 26.2. The van der Waals surface area contributed by atoms with Crippen molar-refractivity contribution in [1.82, 2.24) is 5.32 Å². The smallest absolute Gasteiger partial charge is 0.306 e. The van der Waals surface area contributed by atoms with Crippen LogP contribution in [0.2, 0.25) is 0 Å². The number of allylic oxidation sites excluding steroid dienone is 22. The van der Waals surface area contributed by atoms with Crippen LogP contribution in [-0.2, 0) is 14.3 Å². The molecule has 1 amide bonds. The summed E-state index contributed by atoms with van der Waals surface area (Å²) in [6.07, 6.45) is 76.5. The van der Waals surface area contributed by atoms with E-state index in [2.05, 4.69) is 74.7 Å². The third-order valence-corrected chi connectivity index (χ3v) is 11.7. The third kappa shape index (κ3) is 48.5. The molecule has 384 valence electrons. The Bertz CT molecular complexity index is 1470. The summed E-state index contributed by atoms with van der Waals surface area (Å²) < 4.78 is 5.90. The molecule has 0 radical (unpaired) electrons. The molecule has 0 rings (SSSR count). The van der Waals surface area contributed by atoms with Gasteiger partial charge in [-0.15, -0.1) is 0 Å². The number of aliphatic hydroxyl groups is 2. The highest BCUT2D eigenvalue weighted by molar-refractivity contribution is 5.77. The number of ether oxygens (including phenoxy) is 1. The molecule has 0 fully saturated rings. The zero-order valence-corrected chi connectivity index (χ0v) is 43.7. The maximum atomic E-state index is 13.2. The van der Waals surface area contributed by atoms with Crippen LogP contribution in [0, 0.1) is 0 Å². The number of carbonyl (C=O) groups excluding carboxylic acids is 2. The summed E-state index contributed by atoms with van der Waals surface area (Å²) >= 11 is 0. The predicted octanol–water partition coefficient (Wildman–Crippen LogP) is 17.0. The van der Waals surface area contributed by atoms with E-state index >= 15 is 0 Å². The number of unbranched alkanes of at least 4 members (excludes halogenated alkanes) is 22. The molecular formula is C62H101NO5. The van der Waals surface area contributed by atoms with Crippen molar-refractivity contribution < 1.29 is 24.5 Å². The van der Waals surface area contributed by atoms with Gasteiger partial charge in [-0.2, -0.15) is 0 Å². The van der Waals surface area contributed by atoms with E-state index in [0.29, 0.717) is 19.3 Å². The van der Waals surface area contributed by atoms with E-state index in [-0.39, 0.29) is 24.9 Å². The van der Waals surface area contributed by atoms with E-state index < -0.39 is 18.2 Å². The highest BCUT2D eigenvalue weighted by Crippen LogP contribution is 2.17. The fourth-order valence-corrected chi connectivity index (χ4v) is 7.62. The first kappa shape index (κ1) is 64.0. The molecule has 0 aromatic heterocycles. The van der Waals surface area contributed by atoms with Gasteiger partial charge in [-0.3, -0.25) is 9.59 Å². The van der Waals surface area contributed by atoms with Crippen LogP contribution in [0.5, 0.6) is 0 Å². The molecule has 0 bridgehead atoms. The standard InChI is InChI=1S/C62H101NO5/c1-4-7-10-13-16-19-22-25-28-30-31-34-37-40-43-46-49-52-55-62(67)68-58(53-50-47-44-41-38-35-32-27-24-21-18-15-12-9-6-3)56-61(66)63-59(57-64)60(65)54-51-48-45-42-39-36-33-29-26-23-20-17-14-11-8-5-2/h9-10,12-13,15-16,18-19,21-22,24-25,27-28,30-32,34-35,38,41,44,58-60,64-65H,4-8,11,14,17,20,23,26,29,33,36-37,39-40,42-43,45-57H2,1-3H3,(H,63,66)/b12-9-,13-10+,18-15+,19-16+,24-21+,25-22+,30-28+,32-27-,34-31+,38-35+,44-41+. The molecule has 3 atom stereocenters. The van der Waals surface area contributed by atoms with Gasteiger partial charge in [-0.1, -0.05) is 283 Å². The Balaban J connectivity index is 4.76. The fraction of sp³-hybridized carbons (Fsp3) is 0.613. The van der Waals surface area contributed by atoms with Crippen molar-refractivity contribution >= 4 is 11.9 Å². The average molecular weight is 940 g/mol. The van der Waals surface area contributed by atoms with Crippen molar-refractivity contribution in [2.45, 2.75) is 238 Å². The molecule has 0 saturated heterocycles. The topological polar surface area (TPSA) is 95.9 Å². The van der Waals surface area contributed by atoms with Crippen LogP contribution in [0.15, 0.2) is 134 Å². The first-order valence-electron chi connectivity index (χ1n) is 27.6. The lowest BCUT2D eigenvalue weighted by Gasteiger charge is -2.24. The van der Waals surface area contributed by atoms with E-state index in [9.17, 15) is 19.8 Å². The molecule has 68 heavy (non-hydrogen) atoms. The Morgan fingerprint density at radius 3 is 1.29 bits per heavy atom. The van der Waals surface area contributed by atoms with Crippen LogP contribution in [-0.4, -0.2) is 46.9 Å². The van der Waals surface area contributed by atoms with Crippen molar-refractivity contribution in [2.75, 3.05) is 6.61 Å². The summed E-state index contributed by atoms with van der Waals surface area (Å²) in [6, 6.07) is -0.742. The molecule has 0 aliphatic rings. The number of hydrogen-bond donors (Lipinski definition) is 3. The van der Waals surface area contributed by atoms with Crippen molar-refractivity contribution in [1.29, 1.82) is 0 Å². The molecule has 0 aromatic carbocycles. The summed E-state index contributed by atoms with van der Waals surface area (Å²) in [5, 5.41) is 23.8. The summed E-state index contributed by atoms with van der Waals surface area (Å²) in [5.41, 5.74) is 0. The second kappa shape index (κ2) is 53.9. The Morgan fingerprint density at radius 1 is 0.441 bits per heavy atom. The number of nitrogens with one attached hydrogen (secondary N) is 1. The van der Waals surface area contributed by atoms with Crippen molar-refractivity contribution in [3.63, 3.8) is 0 Å². The Labute approximate surface area is 418 Å². The van der Waals surface area contributed by atoms with E-state index in [1.807, 2.05) is 85.1 Å². The van der Waals surface area contributed by atoms with Crippen molar-refractivity contribution in [3.05, 3.63) is 134 Å². The van der Waals surface area contributed by atoms with Gasteiger partial charge in [0.25, 0.3) is 0 Å². The molecular weight excluding hydrogens is 839 g/mol. The van der Waals surface area contributed by atoms with Gasteiger partial charge in [0.2, 0.25) is 5.91 Å². The SMILES string of the molecule is CC\C=C/C=C/C=C/C=C\C=C\C=C\CCCC(CC(=O)NC(CO)C(O)CCCCCCCCCCCCCCCCCC)OC(=O)CCCCCCC/C=C/C=C/C=C/C=C/C=C/CCC. The van der Waals surface area contributed by atoms with Crippen molar-refractivity contribution in [3.8, 4) is 0 Å². The summed E-state index contributed by atoms with van der Waals surface area (Å²) in [5.74, 6) is -0.589. The second-order valence-corrected chi connectivity index (χ2v) is 18.2. The number of rotatable bonds is 47. The number of hydrogen-bond acceptors (Lipinski definition) is 5. The molecule has 0 saturated carbocycles. The molecule has 0 aliphatic heterocycles. The lowest BCUT2D eigenvalue weighted by atomic mass is 10.0. The molecule has 0 aromatic rings. The number of esters is 1. The van der Waals surface area contributed by atoms with Gasteiger partial charge in [0, 0.05) is 6.42 Å². The van der Waals surface area contributed by atoms with Crippen LogP contribution < -0.4 is 5.32 Å². The molecule has 0 aliphatic carbocycles. The summed E-state index contributed by atoms with van der Waals surface area (Å²) in [7, 11) is 0. The van der Waals surface area contributed by atoms with Gasteiger partial charge in [-0.25, -0.2) is 0 Å². The monoisotopic (exact) mass is 940 g/mol. The number of aliphatic hydroxyl groups excluding tert-OH is 2. The van der Waals surface area contributed by atoms with E-state index in [4.69, 9.17) is 4.74 Å². The normalized spacial score (nSPS) is 14.2. The van der Waals surface area contributed by atoms with E-state index in [1.54, 1.807) is 0 Å². The van der Waals surface area contributed by atoms with E-state index in [0.717, 1.165) is 83.5 Å². The maximum Gasteiger partial charge on any atom is 0.306 e. The lowest BCUT2D eigenvalue weighted by molar-refractivity contribution is -0.151. The van der Waals surface area contributed by atoms with Gasteiger partial charge >= 0.3 is 5.97 Å². The van der Waals surface area contributed by atoms with Crippen LogP contribution in [0.25, 0.3) is 0 Å². The molecule has 0 heterocycles. The predicted molar refractivity (Wildman–Crippen MR) is 296 cm³/mol. The van der Waals surface area contributed by atoms with E-state index in [1.165, 1.54) is 89.9 Å². The summed E-state index contributed by atoms with van der Waals surface area (Å²) in [6.45, 7) is 6.22. The van der Waals surface area contributed by atoms with Gasteiger partial charge in [0.15, 0.2) is 0 Å². The largest absolute Gasteiger partial charge is 0.462 e. The molecule has 0 spiro atoms. The van der Waals surface area contributed by atoms with Crippen LogP contribution in [0.1, 0.15) is 220 Å². The van der Waals surface area contributed by atoms with Gasteiger partial charge < -0.3 is 20.3 Å². The second-order valence-electron chi connectivity index (χ2n) is 18.2. The molecule has 6 nitrogen and oxygen atoms in total. The van der Waals surface area contributed by atoms with Gasteiger partial charge in [0.05, 0.1) is 25.2 Å². The minimum Gasteiger partial charge on any atom is -0.462 e. The third-order valence-electron chi connectivity index (χ3n) is 11.7. The minimum atomic E-state index is -0.823. The number of amides is 1. The van der Waals surface area contributed by atoms with Crippen LogP contribution in [0.4, 0.5) is 0 Å². The molecule has 3 unspecified atom stereocenters.